The summed E-state index contributed by atoms with van der Waals surface area (Å²) in [4.78, 5) is 27.9. The first-order valence-corrected chi connectivity index (χ1v) is 11.0. The Labute approximate surface area is 196 Å². The van der Waals surface area contributed by atoms with Gasteiger partial charge in [-0.2, -0.15) is 0 Å². The maximum absolute atomic E-state index is 14.6. The van der Waals surface area contributed by atoms with Crippen LogP contribution in [0.1, 0.15) is 29.9 Å². The van der Waals surface area contributed by atoms with Gasteiger partial charge in [0.1, 0.15) is 5.69 Å². The van der Waals surface area contributed by atoms with E-state index in [2.05, 4.69) is 44.3 Å². The lowest BCUT2D eigenvalue weighted by atomic mass is 10.0. The highest BCUT2D eigenvalue weighted by Crippen LogP contribution is 2.36. The molecule has 2 aromatic carbocycles. The number of aromatic hydroxyl groups is 1. The van der Waals surface area contributed by atoms with Gasteiger partial charge < -0.3 is 26.4 Å². The number of phenols is 1. The summed E-state index contributed by atoms with van der Waals surface area (Å²) in [5, 5.41) is 17.1. The van der Waals surface area contributed by atoms with E-state index in [0.717, 1.165) is 18.8 Å². The molecule has 2 heterocycles. The topological polar surface area (TPSA) is 129 Å². The van der Waals surface area contributed by atoms with E-state index in [0.29, 0.717) is 23.0 Å². The molecule has 10 heteroatoms. The molecule has 0 aliphatic carbocycles. The lowest BCUT2D eigenvalue weighted by molar-refractivity contribution is 0.0960. The molecule has 1 aromatic heterocycles. The Bertz CT molecular complexity index is 1280. The van der Waals surface area contributed by atoms with Crippen molar-refractivity contribution in [3.8, 4) is 17.1 Å². The van der Waals surface area contributed by atoms with Crippen LogP contribution in [0.15, 0.2) is 29.3 Å². The normalized spacial score (nSPS) is 18.6. The van der Waals surface area contributed by atoms with Gasteiger partial charge in [0.15, 0.2) is 17.4 Å². The van der Waals surface area contributed by atoms with Gasteiger partial charge in [-0.15, -0.1) is 0 Å². The van der Waals surface area contributed by atoms with E-state index in [-0.39, 0.29) is 28.3 Å². The van der Waals surface area contributed by atoms with Crippen molar-refractivity contribution >= 4 is 34.4 Å². The predicted molar refractivity (Wildman–Crippen MR) is 132 cm³/mol. The van der Waals surface area contributed by atoms with Gasteiger partial charge in [0.05, 0.1) is 16.8 Å². The number of piperazine rings is 1. The number of rotatable bonds is 4. The summed E-state index contributed by atoms with van der Waals surface area (Å²) in [7, 11) is 3.03. The van der Waals surface area contributed by atoms with Crippen molar-refractivity contribution < 1.29 is 14.3 Å². The highest BCUT2D eigenvalue weighted by atomic mass is 19.1. The number of hydrogen-bond donors (Lipinski definition) is 4. The second kappa shape index (κ2) is 9.22. The number of hydrogen-bond acceptors (Lipinski definition) is 8. The molecule has 0 radical (unpaired) electrons. The molecule has 1 aliphatic heterocycles. The van der Waals surface area contributed by atoms with Gasteiger partial charge in [-0.05, 0) is 38.1 Å². The fourth-order valence-electron chi connectivity index (χ4n) is 4.35. The summed E-state index contributed by atoms with van der Waals surface area (Å²) in [6, 6.07) is 7.73. The highest BCUT2D eigenvalue weighted by Gasteiger charge is 2.24. The molecule has 4 rings (SSSR count). The van der Waals surface area contributed by atoms with Crippen LogP contribution in [0.5, 0.6) is 5.75 Å². The molecular weight excluding hydrogens is 437 g/mol. The Balaban J connectivity index is 1.89. The summed E-state index contributed by atoms with van der Waals surface area (Å²) >= 11 is 0. The average molecular weight is 466 g/mol. The number of benzene rings is 2. The monoisotopic (exact) mass is 465 g/mol. The summed E-state index contributed by atoms with van der Waals surface area (Å²) < 4.78 is 14.6. The van der Waals surface area contributed by atoms with Crippen LogP contribution in [-0.4, -0.2) is 66.5 Å². The Kier molecular flexibility index (Phi) is 6.34. The average Bonchev–Trinajstić information content (AvgIpc) is 2.82. The van der Waals surface area contributed by atoms with Gasteiger partial charge in [-0.25, -0.2) is 14.4 Å². The molecule has 5 N–H and O–H groups in total. The summed E-state index contributed by atoms with van der Waals surface area (Å²) in [6.07, 6.45) is 1.38. The van der Waals surface area contributed by atoms with E-state index in [9.17, 15) is 14.3 Å². The molecule has 178 valence electrons. The van der Waals surface area contributed by atoms with E-state index in [1.54, 1.807) is 6.07 Å². The van der Waals surface area contributed by atoms with E-state index in [4.69, 9.17) is 5.73 Å². The number of fused-ring (bicyclic) bond motifs is 1. The van der Waals surface area contributed by atoms with Crippen molar-refractivity contribution in [2.45, 2.75) is 25.9 Å². The molecule has 1 saturated heterocycles. The molecule has 2 unspecified atom stereocenters. The van der Waals surface area contributed by atoms with Gasteiger partial charge >= 0.3 is 0 Å². The zero-order chi connectivity index (χ0) is 24.6. The van der Waals surface area contributed by atoms with Crippen molar-refractivity contribution in [1.82, 2.24) is 20.6 Å². The number of carbonyl (C=O) groups is 1. The molecule has 9 nitrogen and oxygen atoms in total. The van der Waals surface area contributed by atoms with E-state index < -0.39 is 17.5 Å². The lowest BCUT2D eigenvalue weighted by Crippen LogP contribution is -2.54. The maximum Gasteiger partial charge on any atom is 0.270 e. The fourth-order valence-corrected chi connectivity index (χ4v) is 4.35. The first-order valence-electron chi connectivity index (χ1n) is 11.0. The lowest BCUT2D eigenvalue weighted by Gasteiger charge is -2.37. The minimum Gasteiger partial charge on any atom is -0.504 e. The largest absolute Gasteiger partial charge is 0.504 e. The summed E-state index contributed by atoms with van der Waals surface area (Å²) in [6.45, 7) is 5.91. The molecule has 2 atom stereocenters. The van der Waals surface area contributed by atoms with Crippen molar-refractivity contribution in [3.05, 3.63) is 41.3 Å². The molecule has 34 heavy (non-hydrogen) atoms. The highest BCUT2D eigenvalue weighted by molar-refractivity contribution is 6.05. The van der Waals surface area contributed by atoms with Crippen molar-refractivity contribution in [1.29, 1.82) is 0 Å². The van der Waals surface area contributed by atoms with Gasteiger partial charge in [0.2, 0.25) is 0 Å². The third-order valence-corrected chi connectivity index (χ3v) is 5.86. The molecule has 3 aromatic rings. The summed E-state index contributed by atoms with van der Waals surface area (Å²) in [5.41, 5.74) is 7.40. The Hall–Kier alpha value is -3.79. The maximum atomic E-state index is 14.6. The van der Waals surface area contributed by atoms with Crippen LogP contribution in [0, 0.1) is 5.82 Å². The molecule has 0 spiro atoms. The number of nitrogens with two attached hydrogens (primary N) is 1. The molecule has 0 bridgehead atoms. The number of nitrogens with one attached hydrogen (secondary N) is 2. The van der Waals surface area contributed by atoms with E-state index in [1.165, 1.54) is 26.4 Å². The van der Waals surface area contributed by atoms with E-state index >= 15 is 0 Å². The number of carbonyl (C=O) groups excluding carboxylic acids is 1. The smallest absolute Gasteiger partial charge is 0.270 e. The van der Waals surface area contributed by atoms with Gasteiger partial charge in [-0.1, -0.05) is 0 Å². The van der Waals surface area contributed by atoms with Gasteiger partial charge in [0, 0.05) is 62.1 Å². The molecule has 1 amide bonds. The molecule has 0 saturated carbocycles. The number of halogens is 1. The number of nitrogen functional groups attached to an aromatic ring is 1. The van der Waals surface area contributed by atoms with Crippen LogP contribution < -0.4 is 21.3 Å². The van der Waals surface area contributed by atoms with Gasteiger partial charge in [0.25, 0.3) is 5.91 Å². The second-order valence-corrected chi connectivity index (χ2v) is 8.53. The van der Waals surface area contributed by atoms with Crippen LogP contribution in [0.25, 0.3) is 22.3 Å². The SMILES string of the molecule is CN=Cc1cc(-c2nc(C(=O)NC)c3cc(N4CC(C)NC(C)C4)ccc3n2)c(O)c(F)c1N. The molecule has 1 fully saturated rings. The number of amides is 1. The fraction of sp³-hybridized carbons (Fsp3) is 0.333. The third-order valence-electron chi connectivity index (χ3n) is 5.86. The van der Waals surface area contributed by atoms with Crippen LogP contribution in [-0.2, 0) is 0 Å². The van der Waals surface area contributed by atoms with E-state index in [1.807, 2.05) is 12.1 Å². The van der Waals surface area contributed by atoms with Crippen LogP contribution in [0.2, 0.25) is 0 Å². The standard InChI is InChI=1S/C24H28FN7O2/c1-12-10-32(11-13(2)29-12)15-5-6-18-16(8-15)21(24(34)28-4)31-23(30-18)17-7-14(9-27-3)20(26)19(25)22(17)33/h5-9,12-13,29,33H,10-11,26H2,1-4H3,(H,28,34). The zero-order valence-electron chi connectivity index (χ0n) is 19.6. The van der Waals surface area contributed by atoms with Crippen molar-refractivity contribution in [2.24, 2.45) is 4.99 Å². The number of aromatic nitrogens is 2. The predicted octanol–water partition coefficient (Wildman–Crippen LogP) is 2.32. The molecular formula is C24H28FN7O2. The number of nitrogens with zero attached hydrogens (tertiary/aromatic N) is 4. The van der Waals surface area contributed by atoms with Gasteiger partial charge in [-0.3, -0.25) is 9.79 Å². The van der Waals surface area contributed by atoms with Crippen LogP contribution in [0.3, 0.4) is 0 Å². The minimum absolute atomic E-state index is 0.00502. The Morgan fingerprint density at radius 2 is 2.00 bits per heavy atom. The second-order valence-electron chi connectivity index (χ2n) is 8.53. The number of aliphatic imine (C=N–C) groups is 1. The Morgan fingerprint density at radius 1 is 1.29 bits per heavy atom. The quantitative estimate of drug-likeness (QED) is 0.344. The number of phenolic OH excluding ortho intramolecular Hbond substituents is 1. The van der Waals surface area contributed by atoms with Crippen LogP contribution >= 0.6 is 0 Å². The minimum atomic E-state index is -0.991. The first kappa shape index (κ1) is 23.4. The molecule has 1 aliphatic rings. The third kappa shape index (κ3) is 4.24. The zero-order valence-corrected chi connectivity index (χ0v) is 19.6. The van der Waals surface area contributed by atoms with Crippen molar-refractivity contribution in [3.63, 3.8) is 0 Å². The Morgan fingerprint density at radius 3 is 2.65 bits per heavy atom. The number of anilines is 2. The van der Waals surface area contributed by atoms with Crippen molar-refractivity contribution in [2.75, 3.05) is 37.8 Å². The summed E-state index contributed by atoms with van der Waals surface area (Å²) in [5.74, 6) is -2.09. The van der Waals surface area contributed by atoms with Crippen LogP contribution in [0.4, 0.5) is 15.8 Å². The first-order chi connectivity index (χ1) is 16.2.